The van der Waals surface area contributed by atoms with Crippen LogP contribution in [0.15, 0.2) is 30.5 Å². The average Bonchev–Trinajstić information content (AvgIpc) is 2.92. The van der Waals surface area contributed by atoms with E-state index >= 15 is 0 Å². The van der Waals surface area contributed by atoms with E-state index in [1.807, 2.05) is 48.6 Å². The zero-order valence-electron chi connectivity index (χ0n) is 12.0. The van der Waals surface area contributed by atoms with Gasteiger partial charge in [0.1, 0.15) is 0 Å². The summed E-state index contributed by atoms with van der Waals surface area (Å²) >= 11 is 0. The van der Waals surface area contributed by atoms with Crippen LogP contribution in [-0.2, 0) is 13.5 Å². The lowest BCUT2D eigenvalue weighted by atomic mass is 10.1. The van der Waals surface area contributed by atoms with Gasteiger partial charge in [0, 0.05) is 24.0 Å². The quantitative estimate of drug-likeness (QED) is 0.790. The number of fused-ring (bicyclic) bond motifs is 1. The molecule has 1 aromatic carbocycles. The fourth-order valence-corrected chi connectivity index (χ4v) is 2.66. The molecule has 0 spiro atoms. The second-order valence-corrected chi connectivity index (χ2v) is 5.31. The number of hydrogen-bond donors (Lipinski definition) is 1. The van der Waals surface area contributed by atoms with E-state index < -0.39 is 0 Å². The van der Waals surface area contributed by atoms with Gasteiger partial charge in [-0.15, -0.1) is 0 Å². The fraction of sp³-hybridized carbons (Fsp3) is 0.333. The van der Waals surface area contributed by atoms with Crippen LogP contribution in [-0.4, -0.2) is 25.6 Å². The summed E-state index contributed by atoms with van der Waals surface area (Å²) in [6.07, 6.45) is 2.68. The third-order valence-electron chi connectivity index (χ3n) is 3.52. The van der Waals surface area contributed by atoms with Gasteiger partial charge >= 0.3 is 0 Å². The molecule has 0 saturated heterocycles. The molecule has 3 rings (SSSR count). The molecule has 0 aliphatic rings. The molecule has 2 heterocycles. The highest BCUT2D eigenvalue weighted by atomic mass is 15.4. The molecule has 0 aliphatic heterocycles. The van der Waals surface area contributed by atoms with Crippen LogP contribution >= 0.6 is 0 Å². The maximum Gasteiger partial charge on any atom is 0.155 e. The van der Waals surface area contributed by atoms with Crippen molar-refractivity contribution >= 4 is 10.9 Å². The van der Waals surface area contributed by atoms with Crippen LogP contribution in [0.5, 0.6) is 0 Å². The van der Waals surface area contributed by atoms with Crippen LogP contribution in [0.3, 0.4) is 0 Å². The summed E-state index contributed by atoms with van der Waals surface area (Å²) < 4.78 is 3.83. The van der Waals surface area contributed by atoms with Crippen molar-refractivity contribution in [3.05, 3.63) is 41.7 Å². The molecule has 0 radical (unpaired) electrons. The van der Waals surface area contributed by atoms with Crippen LogP contribution in [0.1, 0.15) is 18.2 Å². The molecule has 5 heteroatoms. The van der Waals surface area contributed by atoms with Gasteiger partial charge in [-0.05, 0) is 26.3 Å². The lowest BCUT2D eigenvalue weighted by Crippen LogP contribution is -2.19. The van der Waals surface area contributed by atoms with Crippen LogP contribution < -0.4 is 5.73 Å². The van der Waals surface area contributed by atoms with Crippen molar-refractivity contribution in [2.24, 2.45) is 12.8 Å². The van der Waals surface area contributed by atoms with Crippen molar-refractivity contribution in [3.63, 3.8) is 0 Å². The third kappa shape index (κ3) is 2.00. The first kappa shape index (κ1) is 12.9. The number of rotatable bonds is 3. The summed E-state index contributed by atoms with van der Waals surface area (Å²) in [4.78, 5) is 0. The lowest BCUT2D eigenvalue weighted by molar-refractivity contribution is 0.691. The summed E-state index contributed by atoms with van der Waals surface area (Å²) in [5, 5.41) is 10.2. The number of benzene rings is 1. The highest BCUT2D eigenvalue weighted by Gasteiger charge is 2.18. The standard InChI is InChI=1S/C15H19N5/c1-10(16)8-13-11(2)18-19(3)15(13)20-14-7-5-4-6-12(14)9-17-20/h4-7,9-10H,8,16H2,1-3H3. The number of aryl methyl sites for hydroxylation is 2. The van der Waals surface area contributed by atoms with E-state index in [1.165, 1.54) is 0 Å². The molecule has 0 fully saturated rings. The number of nitrogens with two attached hydrogens (primary N) is 1. The van der Waals surface area contributed by atoms with Crippen LogP contribution in [0.4, 0.5) is 0 Å². The van der Waals surface area contributed by atoms with E-state index in [0.29, 0.717) is 0 Å². The fourth-order valence-electron chi connectivity index (χ4n) is 2.66. The van der Waals surface area contributed by atoms with E-state index in [4.69, 9.17) is 5.73 Å². The van der Waals surface area contributed by atoms with Crippen molar-refractivity contribution in [1.82, 2.24) is 19.6 Å². The highest BCUT2D eigenvalue weighted by Crippen LogP contribution is 2.23. The van der Waals surface area contributed by atoms with Gasteiger partial charge < -0.3 is 5.73 Å². The van der Waals surface area contributed by atoms with E-state index in [0.717, 1.165) is 34.4 Å². The zero-order valence-corrected chi connectivity index (χ0v) is 12.0. The Hall–Kier alpha value is -2.14. The van der Waals surface area contributed by atoms with Gasteiger partial charge in [0.05, 0.1) is 17.4 Å². The van der Waals surface area contributed by atoms with E-state index in [2.05, 4.69) is 22.3 Å². The molecule has 5 nitrogen and oxygen atoms in total. The van der Waals surface area contributed by atoms with Gasteiger partial charge in [-0.2, -0.15) is 10.2 Å². The predicted molar refractivity (Wildman–Crippen MR) is 79.9 cm³/mol. The summed E-state index contributed by atoms with van der Waals surface area (Å²) in [5.74, 6) is 1.00. The van der Waals surface area contributed by atoms with Crippen LogP contribution in [0.2, 0.25) is 0 Å². The molecule has 0 amide bonds. The van der Waals surface area contributed by atoms with E-state index in [9.17, 15) is 0 Å². The molecule has 2 N–H and O–H groups in total. The Labute approximate surface area is 118 Å². The average molecular weight is 269 g/mol. The van der Waals surface area contributed by atoms with Gasteiger partial charge in [-0.25, -0.2) is 4.68 Å². The number of aromatic nitrogens is 4. The Bertz CT molecular complexity index is 751. The van der Waals surface area contributed by atoms with Crippen LogP contribution in [0.25, 0.3) is 16.7 Å². The first-order valence-electron chi connectivity index (χ1n) is 6.79. The molecule has 1 unspecified atom stereocenters. The maximum atomic E-state index is 5.97. The van der Waals surface area contributed by atoms with E-state index in [1.54, 1.807) is 0 Å². The van der Waals surface area contributed by atoms with Crippen molar-refractivity contribution < 1.29 is 0 Å². The Balaban J connectivity index is 2.23. The zero-order chi connectivity index (χ0) is 14.3. The number of para-hydroxylation sites is 1. The predicted octanol–water partition coefficient (Wildman–Crippen LogP) is 1.96. The van der Waals surface area contributed by atoms with Crippen LogP contribution in [0, 0.1) is 6.92 Å². The molecule has 0 saturated carbocycles. The monoisotopic (exact) mass is 269 g/mol. The first-order chi connectivity index (χ1) is 9.58. The highest BCUT2D eigenvalue weighted by molar-refractivity contribution is 5.80. The molecular formula is C15H19N5. The van der Waals surface area contributed by atoms with Crippen molar-refractivity contribution in [1.29, 1.82) is 0 Å². The Kier molecular flexibility index (Phi) is 3.06. The molecule has 0 aliphatic carbocycles. The van der Waals surface area contributed by atoms with Crippen molar-refractivity contribution in [2.45, 2.75) is 26.3 Å². The largest absolute Gasteiger partial charge is 0.328 e. The minimum atomic E-state index is 0.0958. The van der Waals surface area contributed by atoms with Gasteiger partial charge in [-0.1, -0.05) is 18.2 Å². The summed E-state index contributed by atoms with van der Waals surface area (Å²) in [6.45, 7) is 4.03. The molecule has 104 valence electrons. The van der Waals surface area contributed by atoms with Gasteiger partial charge in [0.25, 0.3) is 0 Å². The van der Waals surface area contributed by atoms with Gasteiger partial charge in [0.2, 0.25) is 0 Å². The molecule has 1 atom stereocenters. The van der Waals surface area contributed by atoms with E-state index in [-0.39, 0.29) is 6.04 Å². The summed E-state index contributed by atoms with van der Waals surface area (Å²) in [6, 6.07) is 8.27. The van der Waals surface area contributed by atoms with Crippen molar-refractivity contribution in [2.75, 3.05) is 0 Å². The Morgan fingerprint density at radius 1 is 1.30 bits per heavy atom. The smallest absolute Gasteiger partial charge is 0.155 e. The topological polar surface area (TPSA) is 61.7 Å². The maximum absolute atomic E-state index is 5.97. The summed E-state index contributed by atoms with van der Waals surface area (Å²) in [7, 11) is 1.95. The molecule has 20 heavy (non-hydrogen) atoms. The molecule has 3 aromatic rings. The third-order valence-corrected chi connectivity index (χ3v) is 3.52. The Morgan fingerprint density at radius 2 is 2.05 bits per heavy atom. The number of hydrogen-bond acceptors (Lipinski definition) is 3. The normalized spacial score (nSPS) is 13.0. The minimum absolute atomic E-state index is 0.0958. The summed E-state index contributed by atoms with van der Waals surface area (Å²) in [5.41, 5.74) is 9.23. The van der Waals surface area contributed by atoms with Gasteiger partial charge in [-0.3, -0.25) is 4.68 Å². The first-order valence-corrected chi connectivity index (χ1v) is 6.79. The number of nitrogens with zero attached hydrogens (tertiary/aromatic N) is 4. The molecular weight excluding hydrogens is 250 g/mol. The SMILES string of the molecule is Cc1nn(C)c(-n2ncc3ccccc32)c1CC(C)N. The molecule has 2 aromatic heterocycles. The minimum Gasteiger partial charge on any atom is -0.328 e. The Morgan fingerprint density at radius 3 is 2.80 bits per heavy atom. The second kappa shape index (κ2) is 4.76. The van der Waals surface area contributed by atoms with Gasteiger partial charge in [0.15, 0.2) is 5.82 Å². The molecule has 0 bridgehead atoms. The second-order valence-electron chi connectivity index (χ2n) is 5.31. The van der Waals surface area contributed by atoms with Crippen molar-refractivity contribution in [3.8, 4) is 5.82 Å². The lowest BCUT2D eigenvalue weighted by Gasteiger charge is -2.10.